The summed E-state index contributed by atoms with van der Waals surface area (Å²) in [6, 6.07) is 20.3. The monoisotopic (exact) mass is 376 g/mol. The molecule has 1 saturated heterocycles. The smallest absolute Gasteiger partial charge is 0.327 e. The molecule has 0 atom stereocenters. The number of H-pyrrole nitrogens is 2. The van der Waals surface area contributed by atoms with Crippen LogP contribution in [-0.2, 0) is 13.0 Å². The Hall–Kier alpha value is -3.12. The van der Waals surface area contributed by atoms with E-state index in [1.807, 2.05) is 36.4 Å². The lowest BCUT2D eigenvalue weighted by Crippen LogP contribution is -2.47. The quantitative estimate of drug-likeness (QED) is 0.714. The SMILES string of the molecule is O=c1[nH]c(N2CCN(Cc3ccccc3)CC2)c(Cc2ccccc2)c(=O)[nH]1. The predicted molar refractivity (Wildman–Crippen MR) is 111 cm³/mol. The van der Waals surface area contributed by atoms with Crippen LogP contribution in [0.25, 0.3) is 0 Å². The highest BCUT2D eigenvalue weighted by molar-refractivity contribution is 5.48. The van der Waals surface area contributed by atoms with Crippen molar-refractivity contribution >= 4 is 5.82 Å². The summed E-state index contributed by atoms with van der Waals surface area (Å²) in [5.74, 6) is 0.650. The highest BCUT2D eigenvalue weighted by Crippen LogP contribution is 2.19. The number of nitrogens with zero attached hydrogens (tertiary/aromatic N) is 2. The summed E-state index contributed by atoms with van der Waals surface area (Å²) in [4.78, 5) is 34.2. The zero-order chi connectivity index (χ0) is 19.3. The van der Waals surface area contributed by atoms with E-state index < -0.39 is 5.69 Å². The average molecular weight is 376 g/mol. The first-order valence-corrected chi connectivity index (χ1v) is 9.60. The van der Waals surface area contributed by atoms with E-state index in [1.165, 1.54) is 5.56 Å². The van der Waals surface area contributed by atoms with Crippen LogP contribution in [0.5, 0.6) is 0 Å². The standard InChI is InChI=1S/C22H24N4O2/c27-21-19(15-17-7-3-1-4-8-17)20(23-22(28)24-21)26-13-11-25(12-14-26)16-18-9-5-2-6-10-18/h1-10H,11-16H2,(H2,23,24,27,28). The molecule has 1 aliphatic heterocycles. The summed E-state index contributed by atoms with van der Waals surface area (Å²) in [7, 11) is 0. The number of hydrogen-bond acceptors (Lipinski definition) is 4. The Morgan fingerprint density at radius 3 is 2.00 bits per heavy atom. The van der Waals surface area contributed by atoms with Crippen molar-refractivity contribution in [1.82, 2.24) is 14.9 Å². The molecule has 6 nitrogen and oxygen atoms in total. The highest BCUT2D eigenvalue weighted by atomic mass is 16.2. The molecule has 0 spiro atoms. The van der Waals surface area contributed by atoms with E-state index in [4.69, 9.17) is 0 Å². The van der Waals surface area contributed by atoms with Crippen LogP contribution in [0.2, 0.25) is 0 Å². The van der Waals surface area contributed by atoms with Crippen LogP contribution in [0.15, 0.2) is 70.3 Å². The maximum Gasteiger partial charge on any atom is 0.327 e. The third-order valence-electron chi connectivity index (χ3n) is 5.18. The first-order valence-electron chi connectivity index (χ1n) is 9.60. The van der Waals surface area contributed by atoms with Crippen LogP contribution in [0, 0.1) is 0 Å². The maximum absolute atomic E-state index is 12.5. The number of nitrogens with one attached hydrogen (secondary N) is 2. The Balaban J connectivity index is 1.51. The molecule has 4 rings (SSSR count). The molecule has 0 unspecified atom stereocenters. The predicted octanol–water partition coefficient (Wildman–Crippen LogP) is 1.98. The van der Waals surface area contributed by atoms with E-state index in [0.29, 0.717) is 17.8 Å². The van der Waals surface area contributed by atoms with E-state index in [2.05, 4.69) is 44.0 Å². The third kappa shape index (κ3) is 4.23. The normalized spacial score (nSPS) is 14.9. The van der Waals surface area contributed by atoms with Gasteiger partial charge in [0.2, 0.25) is 0 Å². The number of aromatic amines is 2. The molecule has 0 aliphatic carbocycles. The minimum Gasteiger partial charge on any atom is -0.355 e. The van der Waals surface area contributed by atoms with Gasteiger partial charge in [-0.3, -0.25) is 19.7 Å². The molecule has 1 aromatic heterocycles. The maximum atomic E-state index is 12.5. The Kier molecular flexibility index (Phi) is 5.39. The second-order valence-corrected chi connectivity index (χ2v) is 7.15. The Morgan fingerprint density at radius 1 is 0.750 bits per heavy atom. The number of hydrogen-bond donors (Lipinski definition) is 2. The fourth-order valence-corrected chi connectivity index (χ4v) is 3.71. The van der Waals surface area contributed by atoms with Crippen molar-refractivity contribution in [2.24, 2.45) is 0 Å². The summed E-state index contributed by atoms with van der Waals surface area (Å²) in [6.45, 7) is 4.22. The molecule has 2 aromatic carbocycles. The van der Waals surface area contributed by atoms with E-state index in [1.54, 1.807) is 0 Å². The number of piperazine rings is 1. The minimum absolute atomic E-state index is 0.311. The molecule has 6 heteroatoms. The number of anilines is 1. The van der Waals surface area contributed by atoms with Gasteiger partial charge in [-0.2, -0.15) is 0 Å². The van der Waals surface area contributed by atoms with Gasteiger partial charge in [0.15, 0.2) is 0 Å². The Labute approximate surface area is 163 Å². The van der Waals surface area contributed by atoms with Crippen LogP contribution in [0.3, 0.4) is 0 Å². The zero-order valence-corrected chi connectivity index (χ0v) is 15.7. The Morgan fingerprint density at radius 2 is 1.36 bits per heavy atom. The zero-order valence-electron chi connectivity index (χ0n) is 15.7. The van der Waals surface area contributed by atoms with Gasteiger partial charge in [-0.1, -0.05) is 60.7 Å². The molecular formula is C22H24N4O2. The lowest BCUT2D eigenvalue weighted by Gasteiger charge is -2.36. The molecule has 0 amide bonds. The second-order valence-electron chi connectivity index (χ2n) is 7.15. The van der Waals surface area contributed by atoms with Gasteiger partial charge < -0.3 is 4.90 Å². The molecule has 144 valence electrons. The summed E-state index contributed by atoms with van der Waals surface area (Å²) in [5, 5.41) is 0. The molecular weight excluding hydrogens is 352 g/mol. The van der Waals surface area contributed by atoms with Gasteiger partial charge in [0, 0.05) is 39.1 Å². The van der Waals surface area contributed by atoms with Gasteiger partial charge in [-0.25, -0.2) is 4.79 Å². The molecule has 1 fully saturated rings. The number of rotatable bonds is 5. The van der Waals surface area contributed by atoms with Gasteiger partial charge in [-0.15, -0.1) is 0 Å². The molecule has 0 bridgehead atoms. The number of aromatic nitrogens is 2. The molecule has 2 heterocycles. The lowest BCUT2D eigenvalue weighted by atomic mass is 10.1. The van der Waals surface area contributed by atoms with Crippen LogP contribution in [-0.4, -0.2) is 41.0 Å². The average Bonchev–Trinajstić information content (AvgIpc) is 2.72. The topological polar surface area (TPSA) is 72.2 Å². The molecule has 2 N–H and O–H groups in total. The first-order chi connectivity index (χ1) is 13.7. The van der Waals surface area contributed by atoms with Gasteiger partial charge in [0.05, 0.1) is 5.56 Å². The van der Waals surface area contributed by atoms with Crippen molar-refractivity contribution in [2.75, 3.05) is 31.1 Å². The molecule has 0 saturated carbocycles. The van der Waals surface area contributed by atoms with Crippen molar-refractivity contribution in [3.8, 4) is 0 Å². The number of benzene rings is 2. The van der Waals surface area contributed by atoms with Crippen LogP contribution < -0.4 is 16.1 Å². The van der Waals surface area contributed by atoms with Gasteiger partial charge in [-0.05, 0) is 11.1 Å². The highest BCUT2D eigenvalue weighted by Gasteiger charge is 2.22. The fraction of sp³-hybridized carbons (Fsp3) is 0.273. The van der Waals surface area contributed by atoms with Gasteiger partial charge in [0.25, 0.3) is 5.56 Å². The molecule has 1 aliphatic rings. The molecule has 28 heavy (non-hydrogen) atoms. The van der Waals surface area contributed by atoms with Crippen molar-refractivity contribution in [2.45, 2.75) is 13.0 Å². The van der Waals surface area contributed by atoms with Gasteiger partial charge >= 0.3 is 5.69 Å². The van der Waals surface area contributed by atoms with Crippen molar-refractivity contribution in [3.63, 3.8) is 0 Å². The van der Waals surface area contributed by atoms with Crippen LogP contribution in [0.1, 0.15) is 16.7 Å². The van der Waals surface area contributed by atoms with Crippen molar-refractivity contribution in [1.29, 1.82) is 0 Å². The third-order valence-corrected chi connectivity index (χ3v) is 5.18. The lowest BCUT2D eigenvalue weighted by molar-refractivity contribution is 0.249. The fourth-order valence-electron chi connectivity index (χ4n) is 3.71. The summed E-state index contributed by atoms with van der Waals surface area (Å²) >= 11 is 0. The van der Waals surface area contributed by atoms with Crippen molar-refractivity contribution in [3.05, 3.63) is 98.2 Å². The van der Waals surface area contributed by atoms with E-state index in [-0.39, 0.29) is 5.56 Å². The summed E-state index contributed by atoms with van der Waals surface area (Å²) in [6.07, 6.45) is 0.493. The summed E-state index contributed by atoms with van der Waals surface area (Å²) in [5.41, 5.74) is 2.19. The Bertz CT molecular complexity index is 1020. The van der Waals surface area contributed by atoms with Gasteiger partial charge in [0.1, 0.15) is 5.82 Å². The molecule has 0 radical (unpaired) electrons. The second kappa shape index (κ2) is 8.27. The minimum atomic E-state index is -0.455. The first kappa shape index (κ1) is 18.3. The summed E-state index contributed by atoms with van der Waals surface area (Å²) < 4.78 is 0. The molecule has 3 aromatic rings. The van der Waals surface area contributed by atoms with Crippen molar-refractivity contribution < 1.29 is 0 Å². The van der Waals surface area contributed by atoms with Crippen LogP contribution >= 0.6 is 0 Å². The van der Waals surface area contributed by atoms with Crippen LogP contribution in [0.4, 0.5) is 5.82 Å². The largest absolute Gasteiger partial charge is 0.355 e. The van der Waals surface area contributed by atoms with E-state index in [0.717, 1.165) is 38.3 Å². The van der Waals surface area contributed by atoms with E-state index in [9.17, 15) is 9.59 Å². The van der Waals surface area contributed by atoms with E-state index >= 15 is 0 Å².